The SMILES string of the molecule is CCc1cncc2sc(-c3cncc(OC[C@@H](N)Cc4c[nH]c5ccccc45)c3)cc12. The number of nitrogens with zero attached hydrogens (tertiary/aromatic N) is 2. The van der Waals surface area contributed by atoms with E-state index in [1.165, 1.54) is 31.5 Å². The molecule has 4 heterocycles. The average Bonchev–Trinajstić information content (AvgIpc) is 3.42. The third kappa shape index (κ3) is 4.04. The summed E-state index contributed by atoms with van der Waals surface area (Å²) in [5.41, 5.74) is 11.0. The standard InChI is InChI=1S/C25H24N4OS/c1-2-16-10-28-14-25-22(16)9-24(31-25)18-8-20(13-27-11-18)30-15-19(26)7-17-12-29-23-6-4-3-5-21(17)23/h3-6,8-14,19,29H,2,7,15,26H2,1H3/t19-/m0/s1. The van der Waals surface area contributed by atoms with E-state index in [0.29, 0.717) is 6.61 Å². The van der Waals surface area contributed by atoms with E-state index in [2.05, 4.69) is 40.1 Å². The van der Waals surface area contributed by atoms with Crippen molar-refractivity contribution in [1.29, 1.82) is 0 Å². The highest BCUT2D eigenvalue weighted by molar-refractivity contribution is 7.22. The third-order valence-electron chi connectivity index (χ3n) is 5.53. The predicted molar refractivity (Wildman–Crippen MR) is 128 cm³/mol. The maximum atomic E-state index is 6.37. The minimum Gasteiger partial charge on any atom is -0.490 e. The third-order valence-corrected chi connectivity index (χ3v) is 6.65. The van der Waals surface area contributed by atoms with Crippen molar-refractivity contribution in [3.8, 4) is 16.2 Å². The average molecular weight is 429 g/mol. The molecule has 0 amide bonds. The van der Waals surface area contributed by atoms with Crippen LogP contribution in [0.2, 0.25) is 0 Å². The molecule has 0 unspecified atom stereocenters. The van der Waals surface area contributed by atoms with Crippen LogP contribution in [-0.2, 0) is 12.8 Å². The highest BCUT2D eigenvalue weighted by atomic mass is 32.1. The van der Waals surface area contributed by atoms with Crippen LogP contribution in [-0.4, -0.2) is 27.6 Å². The van der Waals surface area contributed by atoms with Gasteiger partial charge in [0.1, 0.15) is 12.4 Å². The van der Waals surface area contributed by atoms with E-state index < -0.39 is 0 Å². The Morgan fingerprint density at radius 1 is 1.03 bits per heavy atom. The van der Waals surface area contributed by atoms with Crippen LogP contribution in [0.3, 0.4) is 0 Å². The number of thiophene rings is 1. The Balaban J connectivity index is 1.29. The van der Waals surface area contributed by atoms with Crippen LogP contribution in [0, 0.1) is 0 Å². The Hall–Kier alpha value is -3.22. The number of pyridine rings is 2. The smallest absolute Gasteiger partial charge is 0.138 e. The van der Waals surface area contributed by atoms with Crippen LogP contribution in [0.1, 0.15) is 18.1 Å². The van der Waals surface area contributed by atoms with Crippen LogP contribution in [0.25, 0.3) is 31.4 Å². The lowest BCUT2D eigenvalue weighted by molar-refractivity contribution is 0.287. The van der Waals surface area contributed by atoms with E-state index in [1.54, 1.807) is 17.5 Å². The molecule has 31 heavy (non-hydrogen) atoms. The van der Waals surface area contributed by atoms with Gasteiger partial charge in [-0.15, -0.1) is 11.3 Å². The van der Waals surface area contributed by atoms with Gasteiger partial charge in [-0.1, -0.05) is 25.1 Å². The monoisotopic (exact) mass is 428 g/mol. The fourth-order valence-corrected chi connectivity index (χ4v) is 4.97. The number of ether oxygens (including phenoxy) is 1. The molecule has 0 fully saturated rings. The molecular formula is C25H24N4OS. The summed E-state index contributed by atoms with van der Waals surface area (Å²) in [4.78, 5) is 13.2. The van der Waals surface area contributed by atoms with Gasteiger partial charge in [0, 0.05) is 52.2 Å². The lowest BCUT2D eigenvalue weighted by Gasteiger charge is -2.13. The number of nitrogens with two attached hydrogens (primary N) is 1. The van der Waals surface area contributed by atoms with E-state index >= 15 is 0 Å². The lowest BCUT2D eigenvalue weighted by atomic mass is 10.1. The summed E-state index contributed by atoms with van der Waals surface area (Å²) in [5.74, 6) is 0.734. The lowest BCUT2D eigenvalue weighted by Crippen LogP contribution is -2.30. The highest BCUT2D eigenvalue weighted by Crippen LogP contribution is 2.35. The van der Waals surface area contributed by atoms with Gasteiger partial charge in [-0.05, 0) is 47.6 Å². The second-order valence-electron chi connectivity index (χ2n) is 7.72. The van der Waals surface area contributed by atoms with Crippen molar-refractivity contribution in [2.45, 2.75) is 25.8 Å². The molecule has 0 saturated carbocycles. The Kier molecular flexibility index (Phi) is 5.40. The molecule has 0 saturated heterocycles. The van der Waals surface area contributed by atoms with E-state index in [9.17, 15) is 0 Å². The summed E-state index contributed by atoms with van der Waals surface area (Å²) in [6.45, 7) is 2.59. The molecule has 156 valence electrons. The zero-order valence-corrected chi connectivity index (χ0v) is 18.2. The number of para-hydroxylation sites is 1. The van der Waals surface area contributed by atoms with Crippen LogP contribution < -0.4 is 10.5 Å². The van der Waals surface area contributed by atoms with Crippen molar-refractivity contribution in [3.05, 3.63) is 78.5 Å². The molecule has 4 aromatic heterocycles. The minimum absolute atomic E-state index is 0.106. The molecule has 0 bridgehead atoms. The first kappa shape index (κ1) is 19.7. The van der Waals surface area contributed by atoms with E-state index in [0.717, 1.165) is 29.7 Å². The largest absolute Gasteiger partial charge is 0.490 e. The molecule has 3 N–H and O–H groups in total. The van der Waals surface area contributed by atoms with Gasteiger partial charge in [-0.3, -0.25) is 9.97 Å². The number of benzene rings is 1. The zero-order valence-electron chi connectivity index (χ0n) is 17.3. The van der Waals surface area contributed by atoms with E-state index in [-0.39, 0.29) is 6.04 Å². The van der Waals surface area contributed by atoms with Gasteiger partial charge in [0.05, 0.1) is 10.9 Å². The van der Waals surface area contributed by atoms with Crippen molar-refractivity contribution in [2.24, 2.45) is 5.73 Å². The number of H-pyrrole nitrogens is 1. The molecule has 5 rings (SSSR count). The van der Waals surface area contributed by atoms with Crippen LogP contribution in [0.5, 0.6) is 5.75 Å². The summed E-state index contributed by atoms with van der Waals surface area (Å²) in [6, 6.07) is 12.4. The topological polar surface area (TPSA) is 76.8 Å². The Morgan fingerprint density at radius 3 is 2.81 bits per heavy atom. The highest BCUT2D eigenvalue weighted by Gasteiger charge is 2.12. The van der Waals surface area contributed by atoms with Gasteiger partial charge < -0.3 is 15.5 Å². The molecule has 6 heteroatoms. The Bertz CT molecular complexity index is 1340. The number of aryl methyl sites for hydroxylation is 1. The molecule has 5 aromatic rings. The van der Waals surface area contributed by atoms with Gasteiger partial charge in [-0.25, -0.2) is 0 Å². The predicted octanol–water partition coefficient (Wildman–Crippen LogP) is 5.35. The molecule has 0 spiro atoms. The summed E-state index contributed by atoms with van der Waals surface area (Å²) in [5, 5.41) is 2.48. The van der Waals surface area contributed by atoms with Crippen molar-refractivity contribution < 1.29 is 4.74 Å². The Morgan fingerprint density at radius 2 is 1.90 bits per heavy atom. The summed E-state index contributed by atoms with van der Waals surface area (Å²) in [6.07, 6.45) is 11.3. The van der Waals surface area contributed by atoms with E-state index in [4.69, 9.17) is 10.5 Å². The first-order valence-electron chi connectivity index (χ1n) is 10.5. The number of aromatic nitrogens is 3. The zero-order chi connectivity index (χ0) is 21.2. The Labute approximate surface area is 184 Å². The van der Waals surface area contributed by atoms with Crippen molar-refractivity contribution >= 4 is 32.3 Å². The first-order chi connectivity index (χ1) is 15.2. The summed E-state index contributed by atoms with van der Waals surface area (Å²) >= 11 is 1.73. The number of aromatic amines is 1. The molecule has 0 aliphatic carbocycles. The number of hydrogen-bond donors (Lipinski definition) is 2. The van der Waals surface area contributed by atoms with Gasteiger partial charge in [0.25, 0.3) is 0 Å². The van der Waals surface area contributed by atoms with Crippen molar-refractivity contribution in [1.82, 2.24) is 15.0 Å². The van der Waals surface area contributed by atoms with Crippen LogP contribution in [0.4, 0.5) is 0 Å². The molecule has 0 aliphatic heterocycles. The quantitative estimate of drug-likeness (QED) is 0.366. The fourth-order valence-electron chi connectivity index (χ4n) is 3.92. The van der Waals surface area contributed by atoms with Crippen molar-refractivity contribution in [2.75, 3.05) is 6.61 Å². The van der Waals surface area contributed by atoms with Crippen LogP contribution in [0.15, 0.2) is 67.4 Å². The van der Waals surface area contributed by atoms with Crippen molar-refractivity contribution in [3.63, 3.8) is 0 Å². The minimum atomic E-state index is -0.106. The summed E-state index contributed by atoms with van der Waals surface area (Å²) < 4.78 is 7.20. The normalized spacial score (nSPS) is 12.5. The van der Waals surface area contributed by atoms with Gasteiger partial charge in [-0.2, -0.15) is 0 Å². The summed E-state index contributed by atoms with van der Waals surface area (Å²) in [7, 11) is 0. The molecule has 0 radical (unpaired) electrons. The number of fused-ring (bicyclic) bond motifs is 2. The second kappa shape index (κ2) is 8.49. The molecule has 1 atom stereocenters. The second-order valence-corrected chi connectivity index (χ2v) is 8.80. The first-order valence-corrected chi connectivity index (χ1v) is 11.3. The fraction of sp³-hybridized carbons (Fsp3) is 0.200. The number of rotatable bonds is 7. The molecule has 0 aliphatic rings. The molecular weight excluding hydrogens is 404 g/mol. The van der Waals surface area contributed by atoms with Gasteiger partial charge in [0.15, 0.2) is 0 Å². The van der Waals surface area contributed by atoms with Gasteiger partial charge in [0.2, 0.25) is 0 Å². The molecule has 1 aromatic carbocycles. The van der Waals surface area contributed by atoms with Gasteiger partial charge >= 0.3 is 0 Å². The maximum absolute atomic E-state index is 6.37. The molecule has 5 nitrogen and oxygen atoms in total. The number of hydrogen-bond acceptors (Lipinski definition) is 5. The van der Waals surface area contributed by atoms with Crippen LogP contribution >= 0.6 is 11.3 Å². The maximum Gasteiger partial charge on any atom is 0.138 e. The number of nitrogens with one attached hydrogen (secondary N) is 1. The van der Waals surface area contributed by atoms with E-state index in [1.807, 2.05) is 43.0 Å².